The maximum absolute atomic E-state index is 2.46. The second-order valence-electron chi connectivity index (χ2n) is 24.7. The first-order chi connectivity index (χ1) is 46.1. The fraction of sp³-hybridized carbons (Fsp3) is 0.0110. The molecule has 2 nitrogen and oxygen atoms in total. The normalized spacial score (nSPS) is 12.4. The van der Waals surface area contributed by atoms with Gasteiger partial charge in [-0.1, -0.05) is 303 Å². The maximum Gasteiger partial charge on any atom is 0.0713 e. The van der Waals surface area contributed by atoms with E-state index >= 15 is 0 Å². The summed E-state index contributed by atoms with van der Waals surface area (Å²) in [5.74, 6) is 0. The average Bonchev–Trinajstić information content (AvgIpc) is 1.56. The van der Waals surface area contributed by atoms with Gasteiger partial charge in [0.05, 0.1) is 33.2 Å². The number of aromatic nitrogens is 2. The second-order valence-corrected chi connectivity index (χ2v) is 24.7. The zero-order valence-corrected chi connectivity index (χ0v) is 51.0. The van der Waals surface area contributed by atoms with E-state index in [2.05, 4.69) is 373 Å². The van der Waals surface area contributed by atoms with Crippen LogP contribution in [0.15, 0.2) is 364 Å². The standard InChI is InChI=1S/C91H60N2/c1-3-20-61(21-4-1)64-48-54-74(55-49-64)92-87-36-17-12-31-80(87)82-59-70(50-56-89(82)92)71-51-57-90-83(60-71)81-32-13-18-37-88(81)93(90)86-35-16-11-28-77(86)68-44-42-63(43-45-68)62-38-40-65(41-39-62)69-24-19-25-73(58-69)91(84-33-14-9-29-78(84)79-30-10-15-34-85(79)91)72-52-46-67(47-53-72)76-27-8-7-26-75(76)66-22-5-2-6-23-66/h1-60H. The van der Waals surface area contributed by atoms with Crippen LogP contribution in [0.5, 0.6) is 0 Å². The lowest BCUT2D eigenvalue weighted by Gasteiger charge is -2.34. The number of rotatable bonds is 11. The minimum Gasteiger partial charge on any atom is -0.309 e. The van der Waals surface area contributed by atoms with Crippen molar-refractivity contribution in [3.05, 3.63) is 386 Å². The lowest BCUT2D eigenvalue weighted by atomic mass is 9.67. The number of hydrogen-bond acceptors (Lipinski definition) is 0. The molecule has 93 heavy (non-hydrogen) atoms. The summed E-state index contributed by atoms with van der Waals surface area (Å²) in [4.78, 5) is 0. The van der Waals surface area contributed by atoms with Crippen molar-refractivity contribution >= 4 is 43.6 Å². The molecule has 0 saturated carbocycles. The molecule has 2 aromatic heterocycles. The minimum atomic E-state index is -0.536. The zero-order chi connectivity index (χ0) is 61.4. The number of nitrogens with zero attached hydrogens (tertiary/aromatic N) is 2. The maximum atomic E-state index is 2.46. The van der Waals surface area contributed by atoms with Gasteiger partial charge in [0, 0.05) is 32.8 Å². The van der Waals surface area contributed by atoms with Gasteiger partial charge in [0.25, 0.3) is 0 Å². The van der Waals surface area contributed by atoms with Gasteiger partial charge < -0.3 is 9.13 Å². The van der Waals surface area contributed by atoms with Crippen LogP contribution in [0.2, 0.25) is 0 Å². The monoisotopic (exact) mass is 1180 g/mol. The first kappa shape index (κ1) is 53.9. The van der Waals surface area contributed by atoms with E-state index in [1.807, 2.05) is 0 Å². The minimum absolute atomic E-state index is 0.536. The third kappa shape index (κ3) is 8.86. The molecule has 2 heterocycles. The van der Waals surface area contributed by atoms with Gasteiger partial charge in [0.15, 0.2) is 0 Å². The average molecular weight is 1180 g/mol. The SMILES string of the molecule is c1ccc(-c2ccc(-n3c4ccccc4c4cc(-c5ccc6c(c5)c5ccccc5n6-c5ccccc5-c5ccc(-c6ccc(-c7cccc(C8(c9ccc(-c%10ccccc%10-c%10ccccc%10)cc9)c9ccccc9-c9ccccc98)c7)cc6)cc5)ccc43)cc2)cc1. The van der Waals surface area contributed by atoms with Crippen molar-refractivity contribution < 1.29 is 0 Å². The van der Waals surface area contributed by atoms with Crippen molar-refractivity contribution in [1.29, 1.82) is 0 Å². The summed E-state index contributed by atoms with van der Waals surface area (Å²) in [5, 5.41) is 4.94. The Kier molecular flexibility index (Phi) is 12.8. The largest absolute Gasteiger partial charge is 0.309 e. The third-order valence-corrected chi connectivity index (χ3v) is 19.7. The van der Waals surface area contributed by atoms with Gasteiger partial charge in [0.2, 0.25) is 0 Å². The van der Waals surface area contributed by atoms with Crippen LogP contribution in [0, 0.1) is 0 Å². The molecule has 1 aliphatic rings. The zero-order valence-electron chi connectivity index (χ0n) is 51.0. The highest BCUT2D eigenvalue weighted by Crippen LogP contribution is 2.57. The van der Waals surface area contributed by atoms with E-state index in [0.29, 0.717) is 0 Å². The lowest BCUT2D eigenvalue weighted by Crippen LogP contribution is -2.28. The van der Waals surface area contributed by atoms with Gasteiger partial charge in [-0.15, -0.1) is 0 Å². The Morgan fingerprint density at radius 3 is 1.12 bits per heavy atom. The predicted octanol–water partition coefficient (Wildman–Crippen LogP) is 23.9. The number of fused-ring (bicyclic) bond motifs is 9. The van der Waals surface area contributed by atoms with Crippen LogP contribution in [-0.2, 0) is 5.41 Å². The quantitative estimate of drug-likeness (QED) is 0.122. The van der Waals surface area contributed by atoms with Crippen LogP contribution in [0.1, 0.15) is 22.3 Å². The Bertz CT molecular complexity index is 5650. The lowest BCUT2D eigenvalue weighted by molar-refractivity contribution is 0.769. The van der Waals surface area contributed by atoms with E-state index in [9.17, 15) is 0 Å². The highest BCUT2D eigenvalue weighted by Gasteiger charge is 2.46. The molecule has 0 unspecified atom stereocenters. The van der Waals surface area contributed by atoms with E-state index in [4.69, 9.17) is 0 Å². The van der Waals surface area contributed by atoms with Crippen LogP contribution < -0.4 is 0 Å². The van der Waals surface area contributed by atoms with Gasteiger partial charge in [-0.25, -0.2) is 0 Å². The molecule has 1 aliphatic carbocycles. The molecule has 18 rings (SSSR count). The molecule has 0 saturated heterocycles. The van der Waals surface area contributed by atoms with E-state index < -0.39 is 5.41 Å². The van der Waals surface area contributed by atoms with E-state index in [1.54, 1.807) is 0 Å². The van der Waals surface area contributed by atoms with Crippen molar-refractivity contribution in [3.8, 4) is 100 Å². The van der Waals surface area contributed by atoms with Gasteiger partial charge in [-0.2, -0.15) is 0 Å². The topological polar surface area (TPSA) is 9.86 Å². The Morgan fingerprint density at radius 2 is 0.538 bits per heavy atom. The van der Waals surface area contributed by atoms with E-state index in [-0.39, 0.29) is 0 Å². The fourth-order valence-electron chi connectivity index (χ4n) is 15.3. The summed E-state index contributed by atoms with van der Waals surface area (Å²) in [7, 11) is 0. The Labute approximate surface area is 541 Å². The third-order valence-electron chi connectivity index (χ3n) is 19.7. The van der Waals surface area contributed by atoms with Gasteiger partial charge in [-0.05, 0) is 166 Å². The van der Waals surface area contributed by atoms with E-state index in [1.165, 1.54) is 155 Å². The molecule has 0 amide bonds. The van der Waals surface area contributed by atoms with Crippen molar-refractivity contribution in [2.75, 3.05) is 0 Å². The molecule has 0 bridgehead atoms. The first-order valence-electron chi connectivity index (χ1n) is 32.2. The molecular formula is C91H60N2. The first-order valence-corrected chi connectivity index (χ1v) is 32.2. The van der Waals surface area contributed by atoms with Crippen molar-refractivity contribution in [1.82, 2.24) is 9.13 Å². The summed E-state index contributed by atoms with van der Waals surface area (Å²) < 4.78 is 4.86. The van der Waals surface area contributed by atoms with Crippen LogP contribution in [0.4, 0.5) is 0 Å². The molecule has 0 radical (unpaired) electrons. The molecule has 0 aliphatic heterocycles. The van der Waals surface area contributed by atoms with Gasteiger partial charge in [-0.3, -0.25) is 0 Å². The van der Waals surface area contributed by atoms with Gasteiger partial charge in [0.1, 0.15) is 0 Å². The summed E-state index contributed by atoms with van der Waals surface area (Å²) in [5.41, 5.74) is 30.9. The van der Waals surface area contributed by atoms with Crippen molar-refractivity contribution in [2.45, 2.75) is 5.41 Å². The molecule has 0 N–H and O–H groups in total. The smallest absolute Gasteiger partial charge is 0.0713 e. The van der Waals surface area contributed by atoms with Crippen LogP contribution in [0.25, 0.3) is 144 Å². The van der Waals surface area contributed by atoms with Crippen LogP contribution in [0.3, 0.4) is 0 Å². The highest BCUT2D eigenvalue weighted by molar-refractivity contribution is 6.13. The van der Waals surface area contributed by atoms with E-state index in [0.717, 1.165) is 11.4 Å². The number of hydrogen-bond donors (Lipinski definition) is 0. The highest BCUT2D eigenvalue weighted by atomic mass is 15.0. The molecule has 0 spiro atoms. The molecule has 434 valence electrons. The van der Waals surface area contributed by atoms with Crippen LogP contribution in [-0.4, -0.2) is 9.13 Å². The fourth-order valence-corrected chi connectivity index (χ4v) is 15.3. The number of para-hydroxylation sites is 3. The van der Waals surface area contributed by atoms with Crippen molar-refractivity contribution in [2.24, 2.45) is 0 Å². The number of benzene rings is 15. The summed E-state index contributed by atoms with van der Waals surface area (Å²) in [6, 6.07) is 135. The summed E-state index contributed by atoms with van der Waals surface area (Å²) >= 11 is 0. The van der Waals surface area contributed by atoms with Crippen LogP contribution >= 0.6 is 0 Å². The van der Waals surface area contributed by atoms with Crippen molar-refractivity contribution in [3.63, 3.8) is 0 Å². The Hall–Kier alpha value is -12.1. The summed E-state index contributed by atoms with van der Waals surface area (Å²) in [6.07, 6.45) is 0. The predicted molar refractivity (Wildman–Crippen MR) is 390 cm³/mol. The Balaban J connectivity index is 0.653. The molecular weight excluding hydrogens is 1120 g/mol. The molecule has 0 fully saturated rings. The summed E-state index contributed by atoms with van der Waals surface area (Å²) in [6.45, 7) is 0. The Morgan fingerprint density at radius 1 is 0.183 bits per heavy atom. The molecule has 17 aromatic rings. The second kappa shape index (κ2) is 22.1. The molecule has 2 heteroatoms. The molecule has 15 aromatic carbocycles. The van der Waals surface area contributed by atoms with Gasteiger partial charge >= 0.3 is 0 Å². The molecule has 0 atom stereocenters.